The molecule has 1 aliphatic rings. The molecule has 0 bridgehead atoms. The summed E-state index contributed by atoms with van der Waals surface area (Å²) in [6, 6.07) is 5.10. The van der Waals surface area contributed by atoms with Gasteiger partial charge in [-0.2, -0.15) is 13.2 Å². The van der Waals surface area contributed by atoms with Crippen LogP contribution in [0.4, 0.5) is 13.2 Å². The third-order valence-electron chi connectivity index (χ3n) is 2.92. The highest BCUT2D eigenvalue weighted by Gasteiger charge is 2.35. The van der Waals surface area contributed by atoms with Crippen molar-refractivity contribution < 1.29 is 22.7 Å². The number of rotatable bonds is 2. The van der Waals surface area contributed by atoms with Gasteiger partial charge in [0.25, 0.3) is 0 Å². The maximum Gasteiger partial charge on any atom is 0.419 e. The molecule has 1 aromatic carbocycles. The smallest absolute Gasteiger partial charge is 0.419 e. The number of hydrogen-bond acceptors (Lipinski definition) is 2. The Morgan fingerprint density at radius 3 is 2.61 bits per heavy atom. The first-order valence-corrected chi connectivity index (χ1v) is 5.81. The zero-order valence-corrected chi connectivity index (χ0v) is 9.67. The summed E-state index contributed by atoms with van der Waals surface area (Å²) in [5, 5.41) is 0. The van der Waals surface area contributed by atoms with Gasteiger partial charge in [-0.1, -0.05) is 12.1 Å². The molecule has 2 nitrogen and oxygen atoms in total. The van der Waals surface area contributed by atoms with Crippen molar-refractivity contribution in [1.29, 1.82) is 0 Å². The predicted octanol–water partition coefficient (Wildman–Crippen LogP) is 3.60. The summed E-state index contributed by atoms with van der Waals surface area (Å²) in [7, 11) is 0. The van der Waals surface area contributed by atoms with Crippen LogP contribution in [0.1, 0.15) is 31.2 Å². The Labute approximate surface area is 103 Å². The van der Waals surface area contributed by atoms with Crippen LogP contribution in [0.5, 0.6) is 5.75 Å². The zero-order valence-electron chi connectivity index (χ0n) is 9.67. The van der Waals surface area contributed by atoms with E-state index in [-0.39, 0.29) is 18.0 Å². The van der Waals surface area contributed by atoms with E-state index in [2.05, 4.69) is 0 Å². The van der Waals surface area contributed by atoms with E-state index in [0.29, 0.717) is 19.3 Å². The van der Waals surface area contributed by atoms with Gasteiger partial charge in [0, 0.05) is 12.8 Å². The number of benzene rings is 1. The SMILES string of the molecule is O=C1CCCC(Oc2ccccc2C(F)(F)F)C1. The van der Waals surface area contributed by atoms with E-state index in [1.807, 2.05) is 0 Å². The Morgan fingerprint density at radius 2 is 1.94 bits per heavy atom. The van der Waals surface area contributed by atoms with Crippen molar-refractivity contribution in [2.45, 2.75) is 38.0 Å². The van der Waals surface area contributed by atoms with E-state index in [0.717, 1.165) is 6.07 Å². The number of Topliss-reactive ketones (excluding diaryl/α,β-unsaturated/α-hetero) is 1. The van der Waals surface area contributed by atoms with E-state index in [9.17, 15) is 18.0 Å². The Balaban J connectivity index is 2.16. The fourth-order valence-electron chi connectivity index (χ4n) is 2.07. The summed E-state index contributed by atoms with van der Waals surface area (Å²) in [4.78, 5) is 11.2. The molecule has 0 aromatic heterocycles. The molecule has 0 radical (unpaired) electrons. The van der Waals surface area contributed by atoms with Gasteiger partial charge in [-0.3, -0.25) is 4.79 Å². The molecule has 1 unspecified atom stereocenters. The lowest BCUT2D eigenvalue weighted by atomic mass is 9.96. The first-order chi connectivity index (χ1) is 8.47. The number of ketones is 1. The number of hydrogen-bond donors (Lipinski definition) is 0. The van der Waals surface area contributed by atoms with Gasteiger partial charge in [-0.15, -0.1) is 0 Å². The van der Waals surface area contributed by atoms with Gasteiger partial charge in [0.1, 0.15) is 17.6 Å². The van der Waals surface area contributed by atoms with E-state index in [1.54, 1.807) is 0 Å². The Bertz CT molecular complexity index is 440. The van der Waals surface area contributed by atoms with Crippen molar-refractivity contribution in [3.8, 4) is 5.75 Å². The fraction of sp³-hybridized carbons (Fsp3) is 0.462. The number of carbonyl (C=O) groups is 1. The zero-order chi connectivity index (χ0) is 13.2. The Morgan fingerprint density at radius 1 is 1.22 bits per heavy atom. The van der Waals surface area contributed by atoms with Crippen LogP contribution in [-0.4, -0.2) is 11.9 Å². The van der Waals surface area contributed by atoms with Crippen LogP contribution in [0.15, 0.2) is 24.3 Å². The minimum Gasteiger partial charge on any atom is -0.489 e. The highest BCUT2D eigenvalue weighted by molar-refractivity contribution is 5.79. The van der Waals surface area contributed by atoms with Crippen LogP contribution in [0.2, 0.25) is 0 Å². The molecule has 0 amide bonds. The molecule has 0 saturated heterocycles. The summed E-state index contributed by atoms with van der Waals surface area (Å²) in [5.74, 6) is -0.138. The molecule has 1 aromatic rings. The van der Waals surface area contributed by atoms with E-state index < -0.39 is 17.8 Å². The second kappa shape index (κ2) is 5.00. The first kappa shape index (κ1) is 12.9. The topological polar surface area (TPSA) is 26.3 Å². The third kappa shape index (κ3) is 3.03. The van der Waals surface area contributed by atoms with Gasteiger partial charge in [0.2, 0.25) is 0 Å². The van der Waals surface area contributed by atoms with Gasteiger partial charge >= 0.3 is 6.18 Å². The second-order valence-corrected chi connectivity index (χ2v) is 4.37. The lowest BCUT2D eigenvalue weighted by molar-refractivity contribution is -0.139. The summed E-state index contributed by atoms with van der Waals surface area (Å²) in [5.41, 5.74) is -0.789. The molecule has 2 rings (SSSR count). The molecule has 98 valence electrons. The second-order valence-electron chi connectivity index (χ2n) is 4.37. The van der Waals surface area contributed by atoms with Crippen molar-refractivity contribution in [1.82, 2.24) is 0 Å². The van der Waals surface area contributed by atoms with Gasteiger partial charge in [0.05, 0.1) is 5.56 Å². The predicted molar refractivity (Wildman–Crippen MR) is 59.3 cm³/mol. The van der Waals surface area contributed by atoms with Crippen molar-refractivity contribution >= 4 is 5.78 Å². The lowest BCUT2D eigenvalue weighted by Crippen LogP contribution is -2.26. The van der Waals surface area contributed by atoms with Crippen molar-refractivity contribution in [2.24, 2.45) is 0 Å². The van der Waals surface area contributed by atoms with E-state index >= 15 is 0 Å². The van der Waals surface area contributed by atoms with Crippen LogP contribution >= 0.6 is 0 Å². The standard InChI is InChI=1S/C13H13F3O2/c14-13(15,16)11-6-1-2-7-12(11)18-10-5-3-4-9(17)8-10/h1-2,6-7,10H,3-5,8H2. The highest BCUT2D eigenvalue weighted by Crippen LogP contribution is 2.37. The molecule has 5 heteroatoms. The quantitative estimate of drug-likeness (QED) is 0.810. The molecule has 0 spiro atoms. The lowest BCUT2D eigenvalue weighted by Gasteiger charge is -2.24. The van der Waals surface area contributed by atoms with Crippen molar-refractivity contribution in [2.75, 3.05) is 0 Å². The van der Waals surface area contributed by atoms with Crippen LogP contribution in [0.3, 0.4) is 0 Å². The average Bonchev–Trinajstić information content (AvgIpc) is 2.28. The first-order valence-electron chi connectivity index (χ1n) is 5.81. The number of halogens is 3. The Hall–Kier alpha value is -1.52. The van der Waals surface area contributed by atoms with Gasteiger partial charge < -0.3 is 4.74 Å². The van der Waals surface area contributed by atoms with Gasteiger partial charge in [0.15, 0.2) is 0 Å². The number of ether oxygens (including phenoxy) is 1. The number of alkyl halides is 3. The summed E-state index contributed by atoms with van der Waals surface area (Å²) in [6.07, 6.45) is -2.87. The van der Waals surface area contributed by atoms with E-state index in [1.165, 1.54) is 18.2 Å². The summed E-state index contributed by atoms with van der Waals surface area (Å²) in [6.45, 7) is 0. The van der Waals surface area contributed by atoms with Crippen LogP contribution in [-0.2, 0) is 11.0 Å². The monoisotopic (exact) mass is 258 g/mol. The molecule has 1 saturated carbocycles. The van der Waals surface area contributed by atoms with Crippen molar-refractivity contribution in [3.05, 3.63) is 29.8 Å². The molecule has 0 aliphatic heterocycles. The minimum atomic E-state index is -4.44. The normalized spacial score (nSPS) is 20.8. The molecule has 1 aliphatic carbocycles. The Kier molecular flexibility index (Phi) is 3.59. The third-order valence-corrected chi connectivity index (χ3v) is 2.92. The van der Waals surface area contributed by atoms with E-state index in [4.69, 9.17) is 4.74 Å². The summed E-state index contributed by atoms with van der Waals surface area (Å²) >= 11 is 0. The average molecular weight is 258 g/mol. The van der Waals surface area contributed by atoms with Crippen molar-refractivity contribution in [3.63, 3.8) is 0 Å². The molecule has 1 fully saturated rings. The van der Waals surface area contributed by atoms with Crippen LogP contribution < -0.4 is 4.74 Å². The number of para-hydroxylation sites is 1. The fourth-order valence-corrected chi connectivity index (χ4v) is 2.07. The highest BCUT2D eigenvalue weighted by atomic mass is 19.4. The van der Waals surface area contributed by atoms with Gasteiger partial charge in [-0.25, -0.2) is 0 Å². The molecule has 1 atom stereocenters. The maximum absolute atomic E-state index is 12.7. The molecule has 18 heavy (non-hydrogen) atoms. The maximum atomic E-state index is 12.7. The van der Waals surface area contributed by atoms with Crippen LogP contribution in [0, 0.1) is 0 Å². The molecule has 0 N–H and O–H groups in total. The van der Waals surface area contributed by atoms with Crippen LogP contribution in [0.25, 0.3) is 0 Å². The largest absolute Gasteiger partial charge is 0.489 e. The molecular weight excluding hydrogens is 245 g/mol. The summed E-state index contributed by atoms with van der Waals surface area (Å²) < 4.78 is 43.5. The molecule has 0 heterocycles. The number of carbonyl (C=O) groups excluding carboxylic acids is 1. The molecular formula is C13H13F3O2. The minimum absolute atomic E-state index is 0.0516. The van der Waals surface area contributed by atoms with Gasteiger partial charge in [-0.05, 0) is 25.0 Å².